The SMILES string of the molecule is Clc1ccccc1-c1ccc(C=NNc2nc(N3CCCCC3)nc(N3CCCCC3)n2)o1. The van der Waals surface area contributed by atoms with Gasteiger partial charge in [-0.3, -0.25) is 0 Å². The van der Waals surface area contributed by atoms with E-state index < -0.39 is 0 Å². The minimum atomic E-state index is 0.445. The molecule has 0 amide bonds. The largest absolute Gasteiger partial charge is 0.455 e. The van der Waals surface area contributed by atoms with Crippen molar-refractivity contribution in [1.82, 2.24) is 15.0 Å². The van der Waals surface area contributed by atoms with Gasteiger partial charge in [0.25, 0.3) is 0 Å². The highest BCUT2D eigenvalue weighted by molar-refractivity contribution is 6.33. The summed E-state index contributed by atoms with van der Waals surface area (Å²) in [4.78, 5) is 18.6. The van der Waals surface area contributed by atoms with Gasteiger partial charge in [-0.15, -0.1) is 0 Å². The van der Waals surface area contributed by atoms with Crippen LogP contribution in [0.5, 0.6) is 0 Å². The predicted octanol–water partition coefficient (Wildman–Crippen LogP) is 5.21. The molecule has 2 aromatic heterocycles. The molecule has 33 heavy (non-hydrogen) atoms. The number of rotatable bonds is 6. The Morgan fingerprint density at radius 1 is 0.818 bits per heavy atom. The van der Waals surface area contributed by atoms with Gasteiger partial charge < -0.3 is 14.2 Å². The average molecular weight is 466 g/mol. The van der Waals surface area contributed by atoms with E-state index in [1.807, 2.05) is 36.4 Å². The Labute approximate surface area is 198 Å². The maximum Gasteiger partial charge on any atom is 0.250 e. The Bertz CT molecular complexity index is 1070. The van der Waals surface area contributed by atoms with Crippen molar-refractivity contribution in [3.63, 3.8) is 0 Å². The molecule has 2 aliphatic rings. The van der Waals surface area contributed by atoms with Crippen molar-refractivity contribution >= 4 is 35.7 Å². The van der Waals surface area contributed by atoms with E-state index in [1.165, 1.54) is 12.8 Å². The van der Waals surface area contributed by atoms with Crippen molar-refractivity contribution in [3.05, 3.63) is 47.2 Å². The number of hydrogen-bond donors (Lipinski definition) is 1. The first-order valence-electron chi connectivity index (χ1n) is 11.7. The van der Waals surface area contributed by atoms with Gasteiger partial charge in [-0.05, 0) is 62.8 Å². The third-order valence-electron chi connectivity index (χ3n) is 6.01. The van der Waals surface area contributed by atoms with Crippen molar-refractivity contribution in [2.24, 2.45) is 5.10 Å². The number of hydrazone groups is 1. The van der Waals surface area contributed by atoms with Crippen LogP contribution in [0.1, 0.15) is 44.3 Å². The van der Waals surface area contributed by atoms with E-state index in [-0.39, 0.29) is 0 Å². The molecule has 0 spiro atoms. The standard InChI is InChI=1S/C24H28ClN7O/c25-20-10-4-3-9-19(20)21-12-11-18(33-21)17-26-30-22-27-23(31-13-5-1-6-14-31)29-24(28-22)32-15-7-2-8-16-32/h3-4,9-12,17H,1-2,5-8,13-16H2,(H,27,28,29,30). The molecule has 0 unspecified atom stereocenters. The molecule has 2 fully saturated rings. The van der Waals surface area contributed by atoms with Crippen LogP contribution in [0.4, 0.5) is 17.8 Å². The zero-order chi connectivity index (χ0) is 22.5. The first kappa shape index (κ1) is 21.7. The molecule has 172 valence electrons. The number of benzene rings is 1. The molecule has 9 heteroatoms. The molecular weight excluding hydrogens is 438 g/mol. The van der Waals surface area contributed by atoms with Gasteiger partial charge in [-0.25, -0.2) is 5.43 Å². The fourth-order valence-corrected chi connectivity index (χ4v) is 4.49. The fraction of sp³-hybridized carbons (Fsp3) is 0.417. The monoisotopic (exact) mass is 465 g/mol. The molecule has 1 N–H and O–H groups in total. The number of nitrogens with zero attached hydrogens (tertiary/aromatic N) is 6. The predicted molar refractivity (Wildman–Crippen MR) is 132 cm³/mol. The summed E-state index contributed by atoms with van der Waals surface area (Å²) in [6.07, 6.45) is 8.79. The van der Waals surface area contributed by atoms with Crippen LogP contribution in [0.15, 0.2) is 45.9 Å². The summed E-state index contributed by atoms with van der Waals surface area (Å²) in [5.41, 5.74) is 3.83. The lowest BCUT2D eigenvalue weighted by Gasteiger charge is -2.30. The van der Waals surface area contributed by atoms with Crippen molar-refractivity contribution in [2.75, 3.05) is 41.4 Å². The highest BCUT2D eigenvalue weighted by Gasteiger charge is 2.20. The van der Waals surface area contributed by atoms with Crippen molar-refractivity contribution in [3.8, 4) is 11.3 Å². The lowest BCUT2D eigenvalue weighted by molar-refractivity contribution is 0.556. The number of anilines is 3. The summed E-state index contributed by atoms with van der Waals surface area (Å²) in [7, 11) is 0. The number of aromatic nitrogens is 3. The van der Waals surface area contributed by atoms with Crippen LogP contribution in [-0.2, 0) is 0 Å². The second-order valence-corrected chi connectivity index (χ2v) is 8.81. The highest BCUT2D eigenvalue weighted by atomic mass is 35.5. The molecule has 8 nitrogen and oxygen atoms in total. The van der Waals surface area contributed by atoms with Crippen molar-refractivity contribution in [1.29, 1.82) is 0 Å². The van der Waals surface area contributed by atoms with Gasteiger partial charge in [0.1, 0.15) is 11.5 Å². The first-order chi connectivity index (χ1) is 16.3. The van der Waals surface area contributed by atoms with Crippen LogP contribution < -0.4 is 15.2 Å². The van der Waals surface area contributed by atoms with E-state index >= 15 is 0 Å². The molecule has 0 radical (unpaired) electrons. The molecular formula is C24H28ClN7O. The molecule has 0 saturated carbocycles. The molecule has 2 saturated heterocycles. The first-order valence-corrected chi connectivity index (χ1v) is 12.0. The van der Waals surface area contributed by atoms with E-state index in [0.29, 0.717) is 22.5 Å². The highest BCUT2D eigenvalue weighted by Crippen LogP contribution is 2.28. The maximum absolute atomic E-state index is 6.27. The number of piperidine rings is 2. The quantitative estimate of drug-likeness (QED) is 0.395. The number of hydrogen-bond acceptors (Lipinski definition) is 8. The van der Waals surface area contributed by atoms with Gasteiger partial charge in [-0.2, -0.15) is 20.1 Å². The molecule has 1 aromatic carbocycles. The Balaban J connectivity index is 1.34. The van der Waals surface area contributed by atoms with Crippen LogP contribution >= 0.6 is 11.6 Å². The van der Waals surface area contributed by atoms with Crippen LogP contribution in [-0.4, -0.2) is 47.3 Å². The minimum absolute atomic E-state index is 0.445. The number of furan rings is 1. The van der Waals surface area contributed by atoms with Gasteiger partial charge in [0, 0.05) is 31.7 Å². The number of nitrogens with one attached hydrogen (secondary N) is 1. The molecule has 0 aliphatic carbocycles. The van der Waals surface area contributed by atoms with Gasteiger partial charge in [-0.1, -0.05) is 23.7 Å². The number of halogens is 1. The molecule has 2 aliphatic heterocycles. The summed E-state index contributed by atoms with van der Waals surface area (Å²) in [6, 6.07) is 11.3. The topological polar surface area (TPSA) is 82.7 Å². The zero-order valence-electron chi connectivity index (χ0n) is 18.6. The van der Waals surface area contributed by atoms with E-state index in [9.17, 15) is 0 Å². The van der Waals surface area contributed by atoms with Gasteiger partial charge in [0.05, 0.1) is 11.2 Å². The summed E-state index contributed by atoms with van der Waals surface area (Å²) < 4.78 is 5.88. The van der Waals surface area contributed by atoms with Crippen LogP contribution in [0.25, 0.3) is 11.3 Å². The van der Waals surface area contributed by atoms with Gasteiger partial charge in [0.2, 0.25) is 17.8 Å². The Morgan fingerprint density at radius 2 is 1.45 bits per heavy atom. The van der Waals surface area contributed by atoms with Crippen molar-refractivity contribution in [2.45, 2.75) is 38.5 Å². The van der Waals surface area contributed by atoms with Gasteiger partial charge >= 0.3 is 0 Å². The summed E-state index contributed by atoms with van der Waals surface area (Å²) >= 11 is 6.27. The normalized spacial score (nSPS) is 17.0. The molecule has 0 atom stereocenters. The van der Waals surface area contributed by atoms with Crippen LogP contribution in [0.3, 0.4) is 0 Å². The smallest absolute Gasteiger partial charge is 0.250 e. The second kappa shape index (κ2) is 10.2. The Kier molecular flexibility index (Phi) is 6.71. The molecule has 0 bridgehead atoms. The van der Waals surface area contributed by atoms with Crippen molar-refractivity contribution < 1.29 is 4.42 Å². The van der Waals surface area contributed by atoms with Crippen LogP contribution in [0, 0.1) is 0 Å². The molecule has 3 aromatic rings. The Morgan fingerprint density at radius 3 is 2.09 bits per heavy atom. The molecule has 5 rings (SSSR count). The average Bonchev–Trinajstić information content (AvgIpc) is 3.34. The third kappa shape index (κ3) is 5.27. The molecule has 4 heterocycles. The van der Waals surface area contributed by atoms with E-state index in [0.717, 1.165) is 69.3 Å². The summed E-state index contributed by atoms with van der Waals surface area (Å²) in [5, 5.41) is 4.97. The lowest BCUT2D eigenvalue weighted by atomic mass is 10.1. The second-order valence-electron chi connectivity index (χ2n) is 8.41. The van der Waals surface area contributed by atoms with E-state index in [4.69, 9.17) is 21.0 Å². The van der Waals surface area contributed by atoms with Gasteiger partial charge in [0.15, 0.2) is 0 Å². The lowest BCUT2D eigenvalue weighted by Crippen LogP contribution is -2.34. The summed E-state index contributed by atoms with van der Waals surface area (Å²) in [5.74, 6) is 3.20. The van der Waals surface area contributed by atoms with E-state index in [1.54, 1.807) is 6.21 Å². The maximum atomic E-state index is 6.27. The minimum Gasteiger partial charge on any atom is -0.455 e. The van der Waals surface area contributed by atoms with Crippen LogP contribution in [0.2, 0.25) is 5.02 Å². The van der Waals surface area contributed by atoms with E-state index in [2.05, 4.69) is 30.3 Å². The zero-order valence-corrected chi connectivity index (χ0v) is 19.3. The third-order valence-corrected chi connectivity index (χ3v) is 6.34. The Hall–Kier alpha value is -3.13. The summed E-state index contributed by atoms with van der Waals surface area (Å²) in [6.45, 7) is 3.90. The fourth-order valence-electron chi connectivity index (χ4n) is 4.26.